The van der Waals surface area contributed by atoms with Crippen LogP contribution >= 0.6 is 11.8 Å². The molecule has 1 fully saturated rings. The second kappa shape index (κ2) is 5.86. The third-order valence-corrected chi connectivity index (χ3v) is 4.01. The molecule has 8 nitrogen and oxygen atoms in total. The first-order chi connectivity index (χ1) is 10.1. The van der Waals surface area contributed by atoms with E-state index >= 15 is 0 Å². The number of rotatable bonds is 4. The highest BCUT2D eigenvalue weighted by Crippen LogP contribution is 2.21. The fourth-order valence-corrected chi connectivity index (χ4v) is 2.85. The molecule has 9 heteroatoms. The zero-order valence-corrected chi connectivity index (χ0v) is 12.3. The third kappa shape index (κ3) is 3.08. The van der Waals surface area contributed by atoms with Gasteiger partial charge in [0.25, 0.3) is 5.78 Å². The largest absolute Gasteiger partial charge is 0.481 e. The molecule has 0 saturated carbocycles. The predicted molar refractivity (Wildman–Crippen MR) is 76.9 cm³/mol. The minimum Gasteiger partial charge on any atom is -0.481 e. The zero-order valence-electron chi connectivity index (χ0n) is 11.5. The monoisotopic (exact) mass is 309 g/mol. The van der Waals surface area contributed by atoms with Crippen molar-refractivity contribution in [2.24, 2.45) is 0 Å². The Hall–Kier alpha value is -1.87. The molecule has 0 aromatic carbocycles. The van der Waals surface area contributed by atoms with Crippen molar-refractivity contribution in [1.29, 1.82) is 0 Å². The number of hydrogen-bond donors (Lipinski definition) is 1. The van der Waals surface area contributed by atoms with Crippen molar-refractivity contribution < 1.29 is 14.6 Å². The first-order valence-electron chi connectivity index (χ1n) is 6.55. The molecular weight excluding hydrogens is 294 g/mol. The van der Waals surface area contributed by atoms with E-state index in [1.807, 2.05) is 17.9 Å². The highest BCUT2D eigenvalue weighted by Gasteiger charge is 2.18. The summed E-state index contributed by atoms with van der Waals surface area (Å²) in [4.78, 5) is 21.6. The predicted octanol–water partition coefficient (Wildman–Crippen LogP) is 0.446. The fraction of sp³-hybridized carbons (Fsp3) is 0.500. The molecule has 3 heterocycles. The number of anilines is 1. The fourth-order valence-electron chi connectivity index (χ4n) is 2.08. The molecule has 0 spiro atoms. The normalized spacial score (nSPS) is 15.6. The molecule has 1 saturated heterocycles. The quantitative estimate of drug-likeness (QED) is 0.642. The van der Waals surface area contributed by atoms with Crippen molar-refractivity contribution in [3.05, 3.63) is 11.8 Å². The number of aryl methyl sites for hydroxylation is 1. The van der Waals surface area contributed by atoms with Gasteiger partial charge in [-0.2, -0.15) is 9.50 Å². The molecule has 3 rings (SSSR count). The minimum atomic E-state index is -0.865. The Morgan fingerprint density at radius 3 is 2.90 bits per heavy atom. The highest BCUT2D eigenvalue weighted by molar-refractivity contribution is 7.99. The maximum atomic E-state index is 10.7. The van der Waals surface area contributed by atoms with E-state index in [9.17, 15) is 4.79 Å². The molecule has 2 aromatic heterocycles. The van der Waals surface area contributed by atoms with Crippen molar-refractivity contribution in [1.82, 2.24) is 19.6 Å². The molecule has 2 aromatic rings. The maximum Gasteiger partial charge on any atom is 0.313 e. The third-order valence-electron chi connectivity index (χ3n) is 3.03. The van der Waals surface area contributed by atoms with E-state index in [4.69, 9.17) is 9.84 Å². The first kappa shape index (κ1) is 14.1. The summed E-state index contributed by atoms with van der Waals surface area (Å²) in [5.41, 5.74) is 0.788. The number of carboxylic acids is 1. The van der Waals surface area contributed by atoms with Crippen LogP contribution in [0.1, 0.15) is 5.69 Å². The van der Waals surface area contributed by atoms with E-state index in [1.165, 1.54) is 11.8 Å². The number of hydrogen-bond acceptors (Lipinski definition) is 7. The van der Waals surface area contributed by atoms with Crippen LogP contribution in [0.25, 0.3) is 5.78 Å². The Balaban J connectivity index is 1.95. The lowest BCUT2D eigenvalue weighted by Gasteiger charge is -2.25. The van der Waals surface area contributed by atoms with Gasteiger partial charge in [0.1, 0.15) is 5.03 Å². The molecular formula is C12H15N5O3S. The van der Waals surface area contributed by atoms with Gasteiger partial charge in [-0.15, -0.1) is 5.10 Å². The summed E-state index contributed by atoms with van der Waals surface area (Å²) in [7, 11) is 0. The summed E-state index contributed by atoms with van der Waals surface area (Å²) in [6, 6.07) is 1.82. The van der Waals surface area contributed by atoms with Crippen LogP contribution in [0, 0.1) is 6.92 Å². The van der Waals surface area contributed by atoms with Gasteiger partial charge < -0.3 is 14.7 Å². The van der Waals surface area contributed by atoms with Crippen LogP contribution in [-0.4, -0.2) is 62.7 Å². The van der Waals surface area contributed by atoms with E-state index in [0.717, 1.165) is 23.8 Å². The molecule has 21 heavy (non-hydrogen) atoms. The van der Waals surface area contributed by atoms with Crippen LogP contribution in [0.4, 0.5) is 5.95 Å². The number of fused-ring (bicyclic) bond motifs is 1. The van der Waals surface area contributed by atoms with Crippen molar-refractivity contribution in [2.45, 2.75) is 11.9 Å². The standard InChI is InChI=1S/C12H15N5O3S/c1-8-6-9(21-7-10(18)19)17-11(13-8)14-12(15-17)16-2-4-20-5-3-16/h6H,2-5,7H2,1H3,(H,18,19). The summed E-state index contributed by atoms with van der Waals surface area (Å²) in [6.07, 6.45) is 0. The Kier molecular flexibility index (Phi) is 3.93. The average molecular weight is 309 g/mol. The van der Waals surface area contributed by atoms with Gasteiger partial charge in [-0.05, 0) is 13.0 Å². The second-order valence-corrected chi connectivity index (χ2v) is 5.64. The Bertz CT molecular complexity index is 668. The van der Waals surface area contributed by atoms with Crippen molar-refractivity contribution in [3.63, 3.8) is 0 Å². The molecule has 0 atom stereocenters. The number of ether oxygens (including phenoxy) is 1. The van der Waals surface area contributed by atoms with Gasteiger partial charge >= 0.3 is 5.97 Å². The van der Waals surface area contributed by atoms with Crippen LogP contribution in [0.2, 0.25) is 0 Å². The number of aromatic nitrogens is 4. The maximum absolute atomic E-state index is 10.7. The number of morpholine rings is 1. The summed E-state index contributed by atoms with van der Waals surface area (Å²) in [5.74, 6) is 0.208. The van der Waals surface area contributed by atoms with Gasteiger partial charge in [-0.1, -0.05) is 11.8 Å². The highest BCUT2D eigenvalue weighted by atomic mass is 32.2. The topological polar surface area (TPSA) is 92.8 Å². The smallest absolute Gasteiger partial charge is 0.313 e. The molecule has 1 N–H and O–H groups in total. The van der Waals surface area contributed by atoms with Gasteiger partial charge in [0, 0.05) is 18.8 Å². The molecule has 0 unspecified atom stereocenters. The lowest BCUT2D eigenvalue weighted by molar-refractivity contribution is -0.133. The second-order valence-electron chi connectivity index (χ2n) is 4.64. The SMILES string of the molecule is Cc1cc(SCC(=O)O)n2nc(N3CCOCC3)nc2n1. The van der Waals surface area contributed by atoms with Crippen molar-refractivity contribution in [2.75, 3.05) is 37.0 Å². The Morgan fingerprint density at radius 1 is 1.43 bits per heavy atom. The van der Waals surface area contributed by atoms with Gasteiger partial charge in [0.2, 0.25) is 5.95 Å². The van der Waals surface area contributed by atoms with Crippen molar-refractivity contribution >= 4 is 29.5 Å². The molecule has 0 amide bonds. The molecule has 112 valence electrons. The van der Waals surface area contributed by atoms with E-state index in [0.29, 0.717) is 24.9 Å². The minimum absolute atomic E-state index is 0.0225. The van der Waals surface area contributed by atoms with Crippen LogP contribution in [0.15, 0.2) is 11.1 Å². The number of carboxylic acid groups (broad SMARTS) is 1. The van der Waals surface area contributed by atoms with Crippen LogP contribution in [-0.2, 0) is 9.53 Å². The average Bonchev–Trinajstić information content (AvgIpc) is 2.89. The molecule has 0 bridgehead atoms. The number of nitrogens with zero attached hydrogens (tertiary/aromatic N) is 5. The Morgan fingerprint density at radius 2 is 2.19 bits per heavy atom. The van der Waals surface area contributed by atoms with Crippen LogP contribution in [0.5, 0.6) is 0 Å². The van der Waals surface area contributed by atoms with E-state index in [1.54, 1.807) is 4.52 Å². The Labute approximate surface area is 125 Å². The van der Waals surface area contributed by atoms with Crippen LogP contribution in [0.3, 0.4) is 0 Å². The van der Waals surface area contributed by atoms with E-state index in [2.05, 4.69) is 15.1 Å². The van der Waals surface area contributed by atoms with Gasteiger partial charge in [-0.25, -0.2) is 4.98 Å². The lowest BCUT2D eigenvalue weighted by Crippen LogP contribution is -2.36. The summed E-state index contributed by atoms with van der Waals surface area (Å²) >= 11 is 1.21. The van der Waals surface area contributed by atoms with Gasteiger partial charge in [-0.3, -0.25) is 4.79 Å². The van der Waals surface area contributed by atoms with Crippen molar-refractivity contribution in [3.8, 4) is 0 Å². The number of thioether (sulfide) groups is 1. The van der Waals surface area contributed by atoms with Gasteiger partial charge in [0.05, 0.1) is 19.0 Å². The van der Waals surface area contributed by atoms with E-state index in [-0.39, 0.29) is 5.75 Å². The molecule has 0 aliphatic carbocycles. The first-order valence-corrected chi connectivity index (χ1v) is 7.54. The molecule has 0 radical (unpaired) electrons. The van der Waals surface area contributed by atoms with Crippen LogP contribution < -0.4 is 4.90 Å². The summed E-state index contributed by atoms with van der Waals surface area (Å²) in [6.45, 7) is 4.65. The van der Waals surface area contributed by atoms with Gasteiger partial charge in [0.15, 0.2) is 0 Å². The molecule has 1 aliphatic heterocycles. The summed E-state index contributed by atoms with van der Waals surface area (Å²) in [5, 5.41) is 14.0. The molecule has 1 aliphatic rings. The zero-order chi connectivity index (χ0) is 14.8. The number of carbonyl (C=O) groups is 1. The number of aliphatic carboxylic acids is 1. The lowest BCUT2D eigenvalue weighted by atomic mass is 10.4. The summed E-state index contributed by atoms with van der Waals surface area (Å²) < 4.78 is 6.92. The van der Waals surface area contributed by atoms with E-state index < -0.39 is 5.97 Å².